The van der Waals surface area contributed by atoms with Crippen LogP contribution in [0, 0.1) is 0 Å². The third-order valence-corrected chi connectivity index (χ3v) is 2.79. The lowest BCUT2D eigenvalue weighted by atomic mass is 10.2. The number of rotatable bonds is 2. The van der Waals surface area contributed by atoms with Crippen molar-refractivity contribution < 1.29 is 13.2 Å². The first kappa shape index (κ1) is 10.2. The predicted molar refractivity (Wildman–Crippen MR) is 48.2 cm³/mol. The van der Waals surface area contributed by atoms with Gasteiger partial charge in [0.2, 0.25) is 10.0 Å². The Kier molecular flexibility index (Phi) is 2.70. The summed E-state index contributed by atoms with van der Waals surface area (Å²) in [5.74, 6) is 0. The third kappa shape index (κ3) is 2.27. The van der Waals surface area contributed by atoms with Gasteiger partial charge in [0.25, 0.3) is 0 Å². The van der Waals surface area contributed by atoms with Crippen LogP contribution in [0.5, 0.6) is 0 Å². The molecule has 1 aromatic rings. The first-order valence-corrected chi connectivity index (χ1v) is 5.15. The van der Waals surface area contributed by atoms with Crippen LogP contribution in [0.15, 0.2) is 23.1 Å². The van der Waals surface area contributed by atoms with Crippen LogP contribution in [-0.2, 0) is 10.0 Å². The van der Waals surface area contributed by atoms with Crippen LogP contribution in [0.1, 0.15) is 10.4 Å². The highest BCUT2D eigenvalue weighted by Crippen LogP contribution is 2.20. The van der Waals surface area contributed by atoms with Gasteiger partial charge >= 0.3 is 0 Å². The van der Waals surface area contributed by atoms with E-state index in [0.717, 1.165) is 6.07 Å². The predicted octanol–water partition coefficient (Wildman–Crippen LogP) is 0.800. The van der Waals surface area contributed by atoms with Gasteiger partial charge in [0.05, 0.1) is 5.02 Å². The fraction of sp³-hybridized carbons (Fsp3) is 0. The zero-order valence-electron chi connectivity index (χ0n) is 6.40. The summed E-state index contributed by atoms with van der Waals surface area (Å²) in [7, 11) is -3.86. The van der Waals surface area contributed by atoms with Crippen LogP contribution in [0.4, 0.5) is 0 Å². The van der Waals surface area contributed by atoms with Gasteiger partial charge in [-0.25, -0.2) is 13.6 Å². The first-order chi connectivity index (χ1) is 5.95. The maximum atomic E-state index is 10.9. The SMILES string of the molecule is NS(=O)(=O)c1cc(C=O)ccc1Cl. The summed E-state index contributed by atoms with van der Waals surface area (Å²) in [5.41, 5.74) is 0.216. The molecular weight excluding hydrogens is 214 g/mol. The van der Waals surface area contributed by atoms with Crippen LogP contribution in [0.25, 0.3) is 0 Å². The molecule has 0 fully saturated rings. The average Bonchev–Trinajstić information content (AvgIpc) is 2.03. The van der Waals surface area contributed by atoms with Crippen molar-refractivity contribution in [3.63, 3.8) is 0 Å². The molecule has 2 N–H and O–H groups in total. The maximum Gasteiger partial charge on any atom is 0.239 e. The first-order valence-electron chi connectivity index (χ1n) is 3.22. The topological polar surface area (TPSA) is 77.2 Å². The highest BCUT2D eigenvalue weighted by Gasteiger charge is 2.12. The highest BCUT2D eigenvalue weighted by atomic mass is 35.5. The monoisotopic (exact) mass is 219 g/mol. The fourth-order valence-corrected chi connectivity index (χ4v) is 1.89. The van der Waals surface area contributed by atoms with E-state index in [2.05, 4.69) is 0 Å². The van der Waals surface area contributed by atoms with Gasteiger partial charge in [-0.3, -0.25) is 4.79 Å². The molecule has 4 nitrogen and oxygen atoms in total. The summed E-state index contributed by atoms with van der Waals surface area (Å²) >= 11 is 5.56. The van der Waals surface area contributed by atoms with E-state index in [0.29, 0.717) is 6.29 Å². The molecular formula is C7H6ClNO3S. The van der Waals surface area contributed by atoms with Gasteiger partial charge < -0.3 is 0 Å². The second-order valence-corrected chi connectivity index (χ2v) is 4.29. The van der Waals surface area contributed by atoms with Crippen molar-refractivity contribution in [1.29, 1.82) is 0 Å². The summed E-state index contributed by atoms with van der Waals surface area (Å²) in [4.78, 5) is 10.1. The number of carbonyl (C=O) groups is 1. The Bertz CT molecular complexity index is 441. The Hall–Kier alpha value is -0.910. The minimum atomic E-state index is -3.86. The number of carbonyl (C=O) groups excluding carboxylic acids is 1. The van der Waals surface area contributed by atoms with Gasteiger partial charge in [-0.2, -0.15) is 0 Å². The Morgan fingerprint density at radius 2 is 2.00 bits per heavy atom. The van der Waals surface area contributed by atoms with Crippen molar-refractivity contribution in [2.24, 2.45) is 5.14 Å². The second kappa shape index (κ2) is 3.45. The van der Waals surface area contributed by atoms with Crippen LogP contribution in [-0.4, -0.2) is 14.7 Å². The number of nitrogens with two attached hydrogens (primary N) is 1. The van der Waals surface area contributed by atoms with E-state index in [9.17, 15) is 13.2 Å². The Morgan fingerprint density at radius 1 is 1.38 bits per heavy atom. The summed E-state index contributed by atoms with van der Waals surface area (Å²) in [6, 6.07) is 3.85. The molecule has 0 aliphatic heterocycles. The zero-order valence-corrected chi connectivity index (χ0v) is 7.97. The Labute approximate surface area is 80.4 Å². The van der Waals surface area contributed by atoms with Crippen molar-refractivity contribution in [3.8, 4) is 0 Å². The van der Waals surface area contributed by atoms with E-state index >= 15 is 0 Å². The summed E-state index contributed by atoms with van der Waals surface area (Å²) in [6.45, 7) is 0. The molecule has 0 atom stereocenters. The molecule has 0 amide bonds. The molecule has 6 heteroatoms. The largest absolute Gasteiger partial charge is 0.298 e. The van der Waals surface area contributed by atoms with Crippen LogP contribution in [0.3, 0.4) is 0 Å². The summed E-state index contributed by atoms with van der Waals surface area (Å²) in [6.07, 6.45) is 0.519. The van der Waals surface area contributed by atoms with E-state index in [1.165, 1.54) is 12.1 Å². The fourth-order valence-electron chi connectivity index (χ4n) is 0.811. The Morgan fingerprint density at radius 3 is 2.46 bits per heavy atom. The van der Waals surface area contributed by atoms with Crippen LogP contribution < -0.4 is 5.14 Å². The van der Waals surface area contributed by atoms with Crippen molar-refractivity contribution in [1.82, 2.24) is 0 Å². The van der Waals surface area contributed by atoms with E-state index in [-0.39, 0.29) is 15.5 Å². The standard InChI is InChI=1S/C7H6ClNO3S/c8-6-2-1-5(4-10)3-7(6)13(9,11)12/h1-4H,(H2,9,11,12). The lowest BCUT2D eigenvalue weighted by Crippen LogP contribution is -2.13. The van der Waals surface area contributed by atoms with E-state index in [1.54, 1.807) is 0 Å². The lowest BCUT2D eigenvalue weighted by Gasteiger charge is -2.01. The van der Waals surface area contributed by atoms with Gasteiger partial charge in [0.15, 0.2) is 0 Å². The molecule has 0 saturated carbocycles. The van der Waals surface area contributed by atoms with Crippen molar-refractivity contribution in [2.75, 3.05) is 0 Å². The third-order valence-electron chi connectivity index (χ3n) is 1.40. The summed E-state index contributed by atoms with van der Waals surface area (Å²) < 4.78 is 21.8. The molecule has 1 rings (SSSR count). The average molecular weight is 220 g/mol. The number of hydrogen-bond acceptors (Lipinski definition) is 3. The second-order valence-electron chi connectivity index (χ2n) is 2.35. The molecule has 0 saturated heterocycles. The Balaban J connectivity index is 3.44. The highest BCUT2D eigenvalue weighted by molar-refractivity contribution is 7.89. The van der Waals surface area contributed by atoms with Crippen molar-refractivity contribution >= 4 is 27.9 Å². The molecule has 13 heavy (non-hydrogen) atoms. The molecule has 0 unspecified atom stereocenters. The molecule has 0 aromatic heterocycles. The maximum absolute atomic E-state index is 10.9. The summed E-state index contributed by atoms with van der Waals surface area (Å²) in [5, 5.41) is 4.86. The number of hydrogen-bond donors (Lipinski definition) is 1. The minimum absolute atomic E-state index is 0.00750. The molecule has 70 valence electrons. The van der Waals surface area contributed by atoms with Gasteiger partial charge in [-0.15, -0.1) is 0 Å². The molecule has 0 heterocycles. The lowest BCUT2D eigenvalue weighted by molar-refractivity contribution is 0.112. The quantitative estimate of drug-likeness (QED) is 0.748. The van der Waals surface area contributed by atoms with Crippen molar-refractivity contribution in [3.05, 3.63) is 28.8 Å². The molecule has 0 radical (unpaired) electrons. The number of halogens is 1. The van der Waals surface area contributed by atoms with Crippen molar-refractivity contribution in [2.45, 2.75) is 4.90 Å². The minimum Gasteiger partial charge on any atom is -0.298 e. The zero-order chi connectivity index (χ0) is 10.1. The molecule has 0 aliphatic carbocycles. The van der Waals surface area contributed by atoms with Crippen LogP contribution in [0.2, 0.25) is 5.02 Å². The molecule has 0 spiro atoms. The smallest absolute Gasteiger partial charge is 0.239 e. The van der Waals surface area contributed by atoms with Crippen LogP contribution >= 0.6 is 11.6 Å². The van der Waals surface area contributed by atoms with Gasteiger partial charge in [-0.1, -0.05) is 17.7 Å². The van der Waals surface area contributed by atoms with Gasteiger partial charge in [-0.05, 0) is 12.1 Å². The molecule has 1 aromatic carbocycles. The number of primary sulfonamides is 1. The molecule has 0 aliphatic rings. The van der Waals surface area contributed by atoms with Gasteiger partial charge in [0.1, 0.15) is 11.2 Å². The number of benzene rings is 1. The van der Waals surface area contributed by atoms with E-state index in [4.69, 9.17) is 16.7 Å². The van der Waals surface area contributed by atoms with E-state index in [1.807, 2.05) is 0 Å². The van der Waals surface area contributed by atoms with E-state index < -0.39 is 10.0 Å². The molecule has 0 bridgehead atoms. The number of sulfonamides is 1. The normalized spacial score (nSPS) is 11.2. The number of aldehydes is 1. The van der Waals surface area contributed by atoms with Gasteiger partial charge in [0, 0.05) is 5.56 Å².